The molecule has 0 saturated heterocycles. The number of halogens is 1. The first-order valence-corrected chi connectivity index (χ1v) is 7.25. The molecule has 0 atom stereocenters. The molecule has 3 rings (SSSR count). The minimum absolute atomic E-state index is 0.0467. The van der Waals surface area contributed by atoms with E-state index in [1.165, 1.54) is 12.1 Å². The van der Waals surface area contributed by atoms with Crippen molar-refractivity contribution in [1.82, 2.24) is 20.3 Å². The normalized spacial score (nSPS) is 11.0. The Morgan fingerprint density at radius 1 is 1.33 bits per heavy atom. The van der Waals surface area contributed by atoms with E-state index in [2.05, 4.69) is 20.7 Å². The van der Waals surface area contributed by atoms with Crippen LogP contribution in [-0.2, 0) is 6.54 Å². The van der Waals surface area contributed by atoms with Crippen molar-refractivity contribution in [2.24, 2.45) is 0 Å². The highest BCUT2D eigenvalue weighted by atomic mass is 19.1. The minimum Gasteiger partial charge on any atom is -0.355 e. The molecule has 7 nitrogen and oxygen atoms in total. The van der Waals surface area contributed by atoms with Crippen LogP contribution in [0.3, 0.4) is 0 Å². The molecule has 0 bridgehead atoms. The Morgan fingerprint density at radius 2 is 2.12 bits per heavy atom. The van der Waals surface area contributed by atoms with Crippen LogP contribution >= 0.6 is 0 Å². The lowest BCUT2D eigenvalue weighted by Gasteiger charge is -2.05. The summed E-state index contributed by atoms with van der Waals surface area (Å²) in [5.74, 6) is -0.355. The summed E-state index contributed by atoms with van der Waals surface area (Å²) in [5, 5.41) is 13.1. The van der Waals surface area contributed by atoms with Gasteiger partial charge in [-0.3, -0.25) is 9.89 Å². The zero-order valence-corrected chi connectivity index (χ0v) is 13.2. The van der Waals surface area contributed by atoms with Crippen LogP contribution in [0.25, 0.3) is 11.3 Å². The van der Waals surface area contributed by atoms with Crippen LogP contribution in [-0.4, -0.2) is 40.3 Å². The molecule has 24 heavy (non-hydrogen) atoms. The zero-order valence-electron chi connectivity index (χ0n) is 13.2. The second-order valence-electron chi connectivity index (χ2n) is 5.53. The van der Waals surface area contributed by atoms with Crippen molar-refractivity contribution in [1.29, 1.82) is 0 Å². The van der Waals surface area contributed by atoms with E-state index in [0.717, 1.165) is 5.69 Å². The summed E-state index contributed by atoms with van der Waals surface area (Å²) in [4.78, 5) is 14.2. The Kier molecular flexibility index (Phi) is 4.39. The lowest BCUT2D eigenvalue weighted by Crippen LogP contribution is -2.12. The number of benzene rings is 1. The number of amides is 1. The number of H-pyrrole nitrogens is 1. The number of hydrogen-bond acceptors (Lipinski definition) is 5. The molecular formula is C16H16FN5O2. The molecule has 0 fully saturated rings. The van der Waals surface area contributed by atoms with Gasteiger partial charge in [-0.2, -0.15) is 5.10 Å². The van der Waals surface area contributed by atoms with E-state index in [1.807, 2.05) is 19.0 Å². The van der Waals surface area contributed by atoms with Gasteiger partial charge in [-0.15, -0.1) is 0 Å². The first kappa shape index (κ1) is 15.9. The van der Waals surface area contributed by atoms with Crippen LogP contribution < -0.4 is 5.32 Å². The SMILES string of the molecule is CN(C)Cc1cc(NC(=O)c2cc(-c3ccccc3F)on2)n[nH]1. The van der Waals surface area contributed by atoms with Gasteiger partial charge in [0.15, 0.2) is 17.3 Å². The third-order valence-electron chi connectivity index (χ3n) is 3.24. The molecule has 2 aromatic heterocycles. The first-order valence-electron chi connectivity index (χ1n) is 7.25. The van der Waals surface area contributed by atoms with E-state index >= 15 is 0 Å². The highest BCUT2D eigenvalue weighted by Gasteiger charge is 2.17. The monoisotopic (exact) mass is 329 g/mol. The molecule has 3 aromatic rings. The Morgan fingerprint density at radius 3 is 2.88 bits per heavy atom. The average Bonchev–Trinajstić information content (AvgIpc) is 3.17. The zero-order chi connectivity index (χ0) is 17.1. The van der Waals surface area contributed by atoms with E-state index in [-0.39, 0.29) is 17.0 Å². The van der Waals surface area contributed by atoms with Gasteiger partial charge >= 0.3 is 0 Å². The molecule has 124 valence electrons. The number of rotatable bonds is 5. The van der Waals surface area contributed by atoms with Crippen molar-refractivity contribution in [2.45, 2.75) is 6.54 Å². The maximum atomic E-state index is 13.7. The van der Waals surface area contributed by atoms with Gasteiger partial charge in [0.25, 0.3) is 5.91 Å². The molecule has 1 amide bonds. The standard InChI is InChI=1S/C16H16FN5O2/c1-22(2)9-10-7-15(20-19-10)18-16(23)13-8-14(24-21-13)11-5-3-4-6-12(11)17/h3-8H,9H2,1-2H3,(H2,18,19,20,23). The second-order valence-corrected chi connectivity index (χ2v) is 5.53. The highest BCUT2D eigenvalue weighted by Crippen LogP contribution is 2.23. The molecule has 0 unspecified atom stereocenters. The minimum atomic E-state index is -0.482. The Balaban J connectivity index is 1.72. The molecule has 0 aliphatic carbocycles. The maximum Gasteiger partial charge on any atom is 0.279 e. The topological polar surface area (TPSA) is 87.1 Å². The van der Waals surface area contributed by atoms with Gasteiger partial charge in [0.1, 0.15) is 5.82 Å². The van der Waals surface area contributed by atoms with Crippen molar-refractivity contribution in [2.75, 3.05) is 19.4 Å². The lowest BCUT2D eigenvalue weighted by molar-refractivity contribution is 0.101. The van der Waals surface area contributed by atoms with Crippen molar-refractivity contribution in [3.8, 4) is 11.3 Å². The van der Waals surface area contributed by atoms with Gasteiger partial charge in [0.2, 0.25) is 0 Å². The van der Waals surface area contributed by atoms with Gasteiger partial charge in [0.05, 0.1) is 11.3 Å². The molecule has 0 spiro atoms. The molecule has 0 aliphatic heterocycles. The molecule has 0 aliphatic rings. The fraction of sp³-hybridized carbons (Fsp3) is 0.188. The fourth-order valence-corrected chi connectivity index (χ4v) is 2.20. The summed E-state index contributed by atoms with van der Waals surface area (Å²) in [6, 6.07) is 9.24. The molecule has 2 N–H and O–H groups in total. The summed E-state index contributed by atoms with van der Waals surface area (Å²) in [6.07, 6.45) is 0. The van der Waals surface area contributed by atoms with Crippen molar-refractivity contribution < 1.29 is 13.7 Å². The number of nitrogens with one attached hydrogen (secondary N) is 2. The predicted octanol–water partition coefficient (Wildman–Crippen LogP) is 2.52. The highest BCUT2D eigenvalue weighted by molar-refractivity contribution is 6.02. The van der Waals surface area contributed by atoms with E-state index in [1.54, 1.807) is 24.3 Å². The van der Waals surface area contributed by atoms with Crippen LogP contribution in [0.5, 0.6) is 0 Å². The number of nitrogens with zero attached hydrogens (tertiary/aromatic N) is 3. The maximum absolute atomic E-state index is 13.7. The van der Waals surface area contributed by atoms with Crippen molar-refractivity contribution >= 4 is 11.7 Å². The largest absolute Gasteiger partial charge is 0.355 e. The van der Waals surface area contributed by atoms with E-state index in [9.17, 15) is 9.18 Å². The summed E-state index contributed by atoms with van der Waals surface area (Å²) >= 11 is 0. The number of aromatic amines is 1. The van der Waals surface area contributed by atoms with Gasteiger partial charge in [-0.05, 0) is 26.2 Å². The van der Waals surface area contributed by atoms with E-state index in [0.29, 0.717) is 12.4 Å². The second kappa shape index (κ2) is 6.63. The summed E-state index contributed by atoms with van der Waals surface area (Å²) in [6.45, 7) is 0.671. The van der Waals surface area contributed by atoms with Crippen molar-refractivity contribution in [3.63, 3.8) is 0 Å². The van der Waals surface area contributed by atoms with Crippen LogP contribution in [0.2, 0.25) is 0 Å². The summed E-state index contributed by atoms with van der Waals surface area (Å²) in [7, 11) is 3.86. The summed E-state index contributed by atoms with van der Waals surface area (Å²) in [5.41, 5.74) is 1.16. The van der Waals surface area contributed by atoms with Crippen LogP contribution in [0.15, 0.2) is 40.9 Å². The Labute approximate surface area is 137 Å². The third-order valence-corrected chi connectivity index (χ3v) is 3.24. The number of aromatic nitrogens is 3. The smallest absolute Gasteiger partial charge is 0.279 e. The van der Waals surface area contributed by atoms with Crippen molar-refractivity contribution in [3.05, 3.63) is 53.6 Å². The van der Waals surface area contributed by atoms with Crippen LogP contribution in [0.4, 0.5) is 10.2 Å². The lowest BCUT2D eigenvalue weighted by atomic mass is 10.1. The van der Waals surface area contributed by atoms with E-state index < -0.39 is 11.7 Å². The van der Waals surface area contributed by atoms with Gasteiger partial charge in [0, 0.05) is 18.7 Å². The first-order chi connectivity index (χ1) is 11.5. The fourth-order valence-electron chi connectivity index (χ4n) is 2.20. The van der Waals surface area contributed by atoms with Gasteiger partial charge in [-0.1, -0.05) is 17.3 Å². The third kappa shape index (κ3) is 3.49. The molecule has 8 heteroatoms. The Bertz CT molecular complexity index is 856. The van der Waals surface area contributed by atoms with E-state index in [4.69, 9.17) is 4.52 Å². The molecule has 0 radical (unpaired) electrons. The molecule has 1 aromatic carbocycles. The molecular weight excluding hydrogens is 313 g/mol. The number of anilines is 1. The predicted molar refractivity (Wildman–Crippen MR) is 85.8 cm³/mol. The average molecular weight is 329 g/mol. The quantitative estimate of drug-likeness (QED) is 0.751. The number of carbonyl (C=O) groups excluding carboxylic acids is 1. The van der Waals surface area contributed by atoms with Gasteiger partial charge < -0.3 is 14.7 Å². The number of carbonyl (C=O) groups is 1. The summed E-state index contributed by atoms with van der Waals surface area (Å²) < 4.78 is 18.8. The van der Waals surface area contributed by atoms with Gasteiger partial charge in [-0.25, -0.2) is 4.39 Å². The van der Waals surface area contributed by atoms with Crippen LogP contribution in [0.1, 0.15) is 16.2 Å². The number of hydrogen-bond donors (Lipinski definition) is 2. The molecule has 2 heterocycles. The van der Waals surface area contributed by atoms with Crippen LogP contribution in [0, 0.1) is 5.82 Å². The Hall–Kier alpha value is -3.00. The molecule has 0 saturated carbocycles.